The summed E-state index contributed by atoms with van der Waals surface area (Å²) in [6, 6.07) is 7.93. The number of hydrogen-bond donors (Lipinski definition) is 1. The Balaban J connectivity index is 1.68. The predicted octanol–water partition coefficient (Wildman–Crippen LogP) is 3.27. The van der Waals surface area contributed by atoms with Crippen LogP contribution in [0.1, 0.15) is 33.8 Å². The fourth-order valence-electron chi connectivity index (χ4n) is 3.59. The van der Waals surface area contributed by atoms with Gasteiger partial charge >= 0.3 is 5.97 Å². The molecule has 1 aliphatic rings. The summed E-state index contributed by atoms with van der Waals surface area (Å²) < 4.78 is 2.00. The van der Waals surface area contributed by atoms with Crippen molar-refractivity contribution in [2.24, 2.45) is 0 Å². The molecule has 2 aromatic heterocycles. The summed E-state index contributed by atoms with van der Waals surface area (Å²) in [5, 5.41) is 20.2. The second-order valence-corrected chi connectivity index (χ2v) is 7.80. The average Bonchev–Trinajstić information content (AvgIpc) is 3.36. The lowest BCUT2D eigenvalue weighted by Crippen LogP contribution is -2.28. The summed E-state index contributed by atoms with van der Waals surface area (Å²) in [5.41, 5.74) is 2.74. The van der Waals surface area contributed by atoms with E-state index in [1.807, 2.05) is 33.9 Å². The average molecular weight is 394 g/mol. The Kier molecular flexibility index (Phi) is 4.61. The van der Waals surface area contributed by atoms with Crippen LogP contribution in [0.4, 0.5) is 0 Å². The Hall–Kier alpha value is -3.18. The van der Waals surface area contributed by atoms with Gasteiger partial charge in [-0.15, -0.1) is 11.3 Å². The van der Waals surface area contributed by atoms with Crippen LogP contribution >= 0.6 is 11.3 Å². The molecule has 1 aromatic carbocycles. The van der Waals surface area contributed by atoms with Crippen molar-refractivity contribution in [2.45, 2.75) is 26.3 Å². The smallest absolute Gasteiger partial charge is 0.347 e. The molecular weight excluding hydrogens is 376 g/mol. The molecule has 8 heteroatoms. The Morgan fingerprint density at radius 2 is 2.21 bits per heavy atom. The van der Waals surface area contributed by atoms with E-state index in [1.165, 1.54) is 0 Å². The molecule has 3 heterocycles. The maximum atomic E-state index is 11.8. The van der Waals surface area contributed by atoms with Gasteiger partial charge in [0.1, 0.15) is 16.0 Å². The molecule has 1 amide bonds. The number of likely N-dealkylation sites (tertiary alicyclic amines) is 1. The number of hydrogen-bond acceptors (Lipinski definition) is 5. The number of benzene rings is 1. The summed E-state index contributed by atoms with van der Waals surface area (Å²) in [7, 11) is 0. The first-order valence-corrected chi connectivity index (χ1v) is 9.81. The Bertz CT molecular complexity index is 1140. The fourth-order valence-corrected chi connectivity index (χ4v) is 4.49. The monoisotopic (exact) mass is 394 g/mol. The molecule has 142 valence electrons. The number of nitriles is 1. The van der Waals surface area contributed by atoms with Crippen LogP contribution in [0.15, 0.2) is 24.4 Å². The maximum absolute atomic E-state index is 11.8. The highest BCUT2D eigenvalue weighted by Gasteiger charge is 2.20. The highest BCUT2D eigenvalue weighted by atomic mass is 32.1. The van der Waals surface area contributed by atoms with E-state index in [4.69, 9.17) is 0 Å². The Labute approximate surface area is 165 Å². The molecule has 28 heavy (non-hydrogen) atoms. The number of aryl methyl sites for hydroxylation is 1. The van der Waals surface area contributed by atoms with Gasteiger partial charge in [0.05, 0.1) is 11.3 Å². The number of amides is 1. The minimum Gasteiger partial charge on any atom is -0.477 e. The SMILES string of the molecule is Cc1nc(-c2ccc3c(c2)c(C#N)cn3CCN2CCCC2=O)sc1C(=O)O. The number of carboxylic acids is 1. The minimum atomic E-state index is -0.984. The molecule has 0 spiro atoms. The van der Waals surface area contributed by atoms with Gasteiger partial charge in [0.25, 0.3) is 0 Å². The van der Waals surface area contributed by atoms with E-state index < -0.39 is 5.97 Å². The van der Waals surface area contributed by atoms with Crippen molar-refractivity contribution in [1.29, 1.82) is 5.26 Å². The van der Waals surface area contributed by atoms with Crippen molar-refractivity contribution >= 4 is 34.1 Å². The van der Waals surface area contributed by atoms with E-state index in [2.05, 4.69) is 11.1 Å². The molecule has 7 nitrogen and oxygen atoms in total. The van der Waals surface area contributed by atoms with E-state index in [1.54, 1.807) is 6.92 Å². The summed E-state index contributed by atoms with van der Waals surface area (Å²) in [6.07, 6.45) is 3.33. The van der Waals surface area contributed by atoms with Gasteiger partial charge in [0.15, 0.2) is 0 Å². The van der Waals surface area contributed by atoms with Crippen LogP contribution in [-0.2, 0) is 11.3 Å². The molecule has 4 rings (SSSR count). The summed E-state index contributed by atoms with van der Waals surface area (Å²) in [5.74, 6) is -0.796. The number of carbonyl (C=O) groups excluding carboxylic acids is 1. The third kappa shape index (κ3) is 3.14. The summed E-state index contributed by atoms with van der Waals surface area (Å²) in [4.78, 5) is 29.6. The van der Waals surface area contributed by atoms with Crippen LogP contribution in [0, 0.1) is 18.3 Å². The van der Waals surface area contributed by atoms with Crippen LogP contribution < -0.4 is 0 Å². The molecule has 0 bridgehead atoms. The van der Waals surface area contributed by atoms with Crippen LogP contribution in [0.2, 0.25) is 0 Å². The van der Waals surface area contributed by atoms with Crippen molar-refractivity contribution in [1.82, 2.24) is 14.5 Å². The van der Waals surface area contributed by atoms with E-state index >= 15 is 0 Å². The Morgan fingerprint density at radius 3 is 2.86 bits per heavy atom. The summed E-state index contributed by atoms with van der Waals surface area (Å²) in [6.45, 7) is 3.73. The molecule has 1 N–H and O–H groups in total. The van der Waals surface area contributed by atoms with Gasteiger partial charge in [0, 0.05) is 48.7 Å². The predicted molar refractivity (Wildman–Crippen MR) is 105 cm³/mol. The molecule has 0 aliphatic carbocycles. The van der Waals surface area contributed by atoms with Crippen molar-refractivity contribution in [2.75, 3.05) is 13.1 Å². The first kappa shape index (κ1) is 18.2. The summed E-state index contributed by atoms with van der Waals surface area (Å²) >= 11 is 1.13. The molecular formula is C20H18N4O3S. The maximum Gasteiger partial charge on any atom is 0.347 e. The lowest BCUT2D eigenvalue weighted by molar-refractivity contribution is -0.127. The zero-order valence-electron chi connectivity index (χ0n) is 15.3. The zero-order chi connectivity index (χ0) is 19.8. The number of aromatic carboxylic acids is 1. The molecule has 0 unspecified atom stereocenters. The zero-order valence-corrected chi connectivity index (χ0v) is 16.1. The number of carboxylic acid groups (broad SMARTS) is 1. The highest BCUT2D eigenvalue weighted by Crippen LogP contribution is 2.32. The number of carbonyl (C=O) groups is 2. The molecule has 1 fully saturated rings. The number of aromatic nitrogens is 2. The van der Waals surface area contributed by atoms with Gasteiger partial charge < -0.3 is 14.6 Å². The molecule has 0 atom stereocenters. The number of rotatable bonds is 5. The molecule has 1 aliphatic heterocycles. The van der Waals surface area contributed by atoms with Gasteiger partial charge in [-0.05, 0) is 31.5 Å². The van der Waals surface area contributed by atoms with E-state index in [0.717, 1.165) is 40.8 Å². The van der Waals surface area contributed by atoms with Crippen molar-refractivity contribution < 1.29 is 14.7 Å². The quantitative estimate of drug-likeness (QED) is 0.716. The largest absolute Gasteiger partial charge is 0.477 e. The third-order valence-electron chi connectivity index (χ3n) is 5.02. The second kappa shape index (κ2) is 7.09. The first-order valence-electron chi connectivity index (χ1n) is 9.00. The number of nitrogens with zero attached hydrogens (tertiary/aromatic N) is 4. The van der Waals surface area contributed by atoms with Crippen molar-refractivity contribution in [3.63, 3.8) is 0 Å². The van der Waals surface area contributed by atoms with Crippen LogP contribution in [-0.4, -0.2) is 44.5 Å². The molecule has 1 saturated heterocycles. The number of thiazole rings is 1. The molecule has 3 aromatic rings. The van der Waals surface area contributed by atoms with Gasteiger partial charge in [-0.1, -0.05) is 0 Å². The molecule has 0 saturated carbocycles. The minimum absolute atomic E-state index is 0.188. The fraction of sp³-hybridized carbons (Fsp3) is 0.300. The van der Waals surface area contributed by atoms with Crippen molar-refractivity contribution in [3.8, 4) is 16.6 Å². The molecule has 0 radical (unpaired) electrons. The topological polar surface area (TPSA) is 99.2 Å². The van der Waals surface area contributed by atoms with Crippen LogP contribution in [0.25, 0.3) is 21.5 Å². The third-order valence-corrected chi connectivity index (χ3v) is 6.22. The van der Waals surface area contributed by atoms with Gasteiger partial charge in [-0.3, -0.25) is 4.79 Å². The van der Waals surface area contributed by atoms with Crippen molar-refractivity contribution in [3.05, 3.63) is 40.5 Å². The lowest BCUT2D eigenvalue weighted by Gasteiger charge is -2.16. The second-order valence-electron chi connectivity index (χ2n) is 6.80. The van der Waals surface area contributed by atoms with Gasteiger partial charge in [-0.2, -0.15) is 5.26 Å². The van der Waals surface area contributed by atoms with Crippen LogP contribution in [0.5, 0.6) is 0 Å². The highest BCUT2D eigenvalue weighted by molar-refractivity contribution is 7.17. The van der Waals surface area contributed by atoms with E-state index in [0.29, 0.717) is 35.8 Å². The Morgan fingerprint density at radius 1 is 1.39 bits per heavy atom. The van der Waals surface area contributed by atoms with Gasteiger partial charge in [-0.25, -0.2) is 9.78 Å². The number of fused-ring (bicyclic) bond motifs is 1. The lowest BCUT2D eigenvalue weighted by atomic mass is 10.1. The van der Waals surface area contributed by atoms with Crippen LogP contribution in [0.3, 0.4) is 0 Å². The van der Waals surface area contributed by atoms with E-state index in [-0.39, 0.29) is 10.8 Å². The normalized spacial score (nSPS) is 14.0. The first-order chi connectivity index (χ1) is 13.5. The van der Waals surface area contributed by atoms with E-state index in [9.17, 15) is 20.0 Å². The standard InChI is InChI=1S/C20H18N4O3S/c1-12-18(20(26)27)28-19(22-12)13-4-5-16-15(9-13)14(10-21)11-24(16)8-7-23-6-2-3-17(23)25/h4-5,9,11H,2-3,6-8H2,1H3,(H,26,27). The van der Waals surface area contributed by atoms with Gasteiger partial charge in [0.2, 0.25) is 5.91 Å².